The van der Waals surface area contributed by atoms with Crippen LogP contribution in [0.1, 0.15) is 18.1 Å². The van der Waals surface area contributed by atoms with Gasteiger partial charge in [-0.1, -0.05) is 42.5 Å². The number of benzene rings is 3. The summed E-state index contributed by atoms with van der Waals surface area (Å²) in [6.07, 6.45) is 3.20. The van der Waals surface area contributed by atoms with Crippen molar-refractivity contribution in [1.82, 2.24) is 14.7 Å². The Bertz CT molecular complexity index is 1770. The maximum atomic E-state index is 13.7. The Labute approximate surface area is 227 Å². The van der Waals surface area contributed by atoms with Gasteiger partial charge in [0.1, 0.15) is 23.2 Å². The number of aromatic nitrogens is 2. The van der Waals surface area contributed by atoms with Crippen LogP contribution in [0.25, 0.3) is 23.0 Å². The predicted molar refractivity (Wildman–Crippen MR) is 144 cm³/mol. The van der Waals surface area contributed by atoms with Crippen molar-refractivity contribution in [2.75, 3.05) is 0 Å². The second-order valence-corrected chi connectivity index (χ2v) is 9.01. The highest BCUT2D eigenvalue weighted by Gasteiger charge is 2.35. The van der Waals surface area contributed by atoms with Gasteiger partial charge in [-0.2, -0.15) is 10.4 Å². The van der Waals surface area contributed by atoms with Crippen LogP contribution in [0.5, 0.6) is 0 Å². The molecule has 2 heterocycles. The minimum Gasteiger partial charge on any atom is -0.269 e. The van der Waals surface area contributed by atoms with Gasteiger partial charge in [0.2, 0.25) is 0 Å². The molecule has 0 bridgehead atoms. The first-order valence-electron chi connectivity index (χ1n) is 12.1. The van der Waals surface area contributed by atoms with Gasteiger partial charge in [-0.15, -0.1) is 0 Å². The molecular formula is C30H20FN5O4. The Morgan fingerprint density at radius 1 is 1.02 bits per heavy atom. The minimum absolute atomic E-state index is 0.0950. The molecule has 5 rings (SSSR count). The van der Waals surface area contributed by atoms with Gasteiger partial charge in [0.25, 0.3) is 17.5 Å². The quantitative estimate of drug-likeness (QED) is 0.142. The molecule has 0 N–H and O–H groups in total. The van der Waals surface area contributed by atoms with Gasteiger partial charge in [0.15, 0.2) is 0 Å². The fourth-order valence-electron chi connectivity index (χ4n) is 4.40. The molecule has 10 heteroatoms. The van der Waals surface area contributed by atoms with E-state index in [1.165, 1.54) is 49.4 Å². The number of nitriles is 1. The lowest BCUT2D eigenvalue weighted by atomic mass is 9.93. The van der Waals surface area contributed by atoms with Crippen LogP contribution < -0.4 is 0 Å². The summed E-state index contributed by atoms with van der Waals surface area (Å²) in [5.74, 6) is -1.84. The van der Waals surface area contributed by atoms with Crippen LogP contribution in [0, 0.1) is 27.3 Å². The molecule has 0 aliphatic carbocycles. The largest absolute Gasteiger partial charge is 0.271 e. The van der Waals surface area contributed by atoms with E-state index in [4.69, 9.17) is 0 Å². The van der Waals surface area contributed by atoms with Gasteiger partial charge in [-0.3, -0.25) is 24.6 Å². The summed E-state index contributed by atoms with van der Waals surface area (Å²) in [6, 6.07) is 22.4. The molecular weight excluding hydrogens is 513 g/mol. The lowest BCUT2D eigenvalue weighted by Gasteiger charge is -2.27. The van der Waals surface area contributed by atoms with E-state index in [-0.39, 0.29) is 29.0 Å². The summed E-state index contributed by atoms with van der Waals surface area (Å²) < 4.78 is 15.0. The zero-order valence-corrected chi connectivity index (χ0v) is 21.1. The van der Waals surface area contributed by atoms with Gasteiger partial charge >= 0.3 is 0 Å². The second kappa shape index (κ2) is 10.6. The van der Waals surface area contributed by atoms with Crippen LogP contribution in [-0.4, -0.2) is 31.4 Å². The number of imide groups is 1. The lowest BCUT2D eigenvalue weighted by Crippen LogP contribution is -2.42. The molecule has 196 valence electrons. The van der Waals surface area contributed by atoms with E-state index in [0.29, 0.717) is 28.1 Å². The normalized spacial score (nSPS) is 14.5. The van der Waals surface area contributed by atoms with E-state index >= 15 is 0 Å². The van der Waals surface area contributed by atoms with E-state index in [9.17, 15) is 29.4 Å². The van der Waals surface area contributed by atoms with Crippen LogP contribution >= 0.6 is 0 Å². The lowest BCUT2D eigenvalue weighted by molar-refractivity contribution is -0.384. The number of para-hydroxylation sites is 1. The Morgan fingerprint density at radius 3 is 2.42 bits per heavy atom. The van der Waals surface area contributed by atoms with E-state index in [2.05, 4.69) is 5.10 Å². The molecule has 0 unspecified atom stereocenters. The highest BCUT2D eigenvalue weighted by molar-refractivity contribution is 6.19. The van der Waals surface area contributed by atoms with E-state index in [0.717, 1.165) is 4.90 Å². The Kier molecular flexibility index (Phi) is 6.87. The molecule has 0 saturated heterocycles. The van der Waals surface area contributed by atoms with Crippen molar-refractivity contribution in [1.29, 1.82) is 5.26 Å². The Morgan fingerprint density at radius 2 is 1.75 bits per heavy atom. The average molecular weight is 534 g/mol. The molecule has 0 fully saturated rings. The Balaban J connectivity index is 1.66. The summed E-state index contributed by atoms with van der Waals surface area (Å²) in [6.45, 7) is 1.36. The standard InChI is InChI=1S/C30H20FN5O4/c1-19-26(29(37)34(30(38)27(19)16-32)17-20-10-12-23(31)13-11-20)15-22-18-35(24-7-3-2-4-8-24)33-28(22)21-6-5-9-25(14-21)36(39)40/h2-15,18H,17H2,1H3/b26-15+. The first-order valence-corrected chi connectivity index (χ1v) is 12.1. The average Bonchev–Trinajstić information content (AvgIpc) is 3.39. The zero-order valence-electron chi connectivity index (χ0n) is 21.1. The predicted octanol–water partition coefficient (Wildman–Crippen LogP) is 5.38. The molecule has 40 heavy (non-hydrogen) atoms. The molecule has 1 aliphatic heterocycles. The van der Waals surface area contributed by atoms with Crippen molar-refractivity contribution in [2.24, 2.45) is 0 Å². The second-order valence-electron chi connectivity index (χ2n) is 9.01. The number of nitrogens with zero attached hydrogens (tertiary/aromatic N) is 5. The fraction of sp³-hybridized carbons (Fsp3) is 0.0667. The molecule has 1 aromatic heterocycles. The molecule has 0 atom stereocenters. The number of amides is 2. The van der Waals surface area contributed by atoms with Crippen molar-refractivity contribution in [3.63, 3.8) is 0 Å². The SMILES string of the molecule is CC1=C(C#N)C(=O)N(Cc2ccc(F)cc2)C(=O)/C1=C/c1cn(-c2ccccc2)nc1-c1cccc([N+](=O)[O-])c1. The molecule has 3 aromatic carbocycles. The summed E-state index contributed by atoms with van der Waals surface area (Å²) in [7, 11) is 0. The van der Waals surface area contributed by atoms with Crippen molar-refractivity contribution < 1.29 is 18.9 Å². The zero-order chi connectivity index (χ0) is 28.4. The van der Waals surface area contributed by atoms with Crippen molar-refractivity contribution >= 4 is 23.6 Å². The number of carbonyl (C=O) groups is 2. The highest BCUT2D eigenvalue weighted by Crippen LogP contribution is 2.32. The third-order valence-electron chi connectivity index (χ3n) is 6.47. The molecule has 1 aliphatic rings. The number of nitro benzene ring substituents is 1. The fourth-order valence-corrected chi connectivity index (χ4v) is 4.40. The maximum Gasteiger partial charge on any atom is 0.271 e. The number of hydrogen-bond donors (Lipinski definition) is 0. The van der Waals surface area contributed by atoms with E-state index in [1.54, 1.807) is 23.0 Å². The van der Waals surface area contributed by atoms with Crippen molar-refractivity contribution in [2.45, 2.75) is 13.5 Å². The first-order chi connectivity index (χ1) is 19.3. The number of rotatable bonds is 6. The molecule has 9 nitrogen and oxygen atoms in total. The highest BCUT2D eigenvalue weighted by atomic mass is 19.1. The number of halogens is 1. The van der Waals surface area contributed by atoms with Crippen LogP contribution in [0.4, 0.5) is 10.1 Å². The maximum absolute atomic E-state index is 13.7. The van der Waals surface area contributed by atoms with E-state index < -0.39 is 22.6 Å². The number of nitro groups is 1. The Hall–Kier alpha value is -5.69. The summed E-state index contributed by atoms with van der Waals surface area (Å²) in [5.41, 5.74) is 2.45. The van der Waals surface area contributed by atoms with Crippen molar-refractivity contribution in [3.8, 4) is 23.0 Å². The molecule has 0 saturated carbocycles. The van der Waals surface area contributed by atoms with Gasteiger partial charge in [-0.25, -0.2) is 9.07 Å². The van der Waals surface area contributed by atoms with Gasteiger partial charge in [0, 0.05) is 35.0 Å². The third kappa shape index (κ3) is 4.91. The number of carbonyl (C=O) groups excluding carboxylic acids is 2. The van der Waals surface area contributed by atoms with Gasteiger partial charge in [-0.05, 0) is 48.4 Å². The molecule has 0 radical (unpaired) electrons. The minimum atomic E-state index is -0.745. The van der Waals surface area contributed by atoms with Crippen LogP contribution in [-0.2, 0) is 16.1 Å². The third-order valence-corrected chi connectivity index (χ3v) is 6.47. The van der Waals surface area contributed by atoms with Gasteiger partial charge in [0.05, 0.1) is 17.2 Å². The summed E-state index contributed by atoms with van der Waals surface area (Å²) in [5, 5.41) is 25.9. The molecule has 2 amide bonds. The van der Waals surface area contributed by atoms with Crippen molar-refractivity contribution in [3.05, 3.63) is 129 Å². The number of non-ortho nitro benzene ring substituents is 1. The van der Waals surface area contributed by atoms with E-state index in [1.807, 2.05) is 36.4 Å². The summed E-state index contributed by atoms with van der Waals surface area (Å²) >= 11 is 0. The van der Waals surface area contributed by atoms with Crippen LogP contribution in [0.15, 0.2) is 102 Å². The molecule has 0 spiro atoms. The van der Waals surface area contributed by atoms with Crippen LogP contribution in [0.3, 0.4) is 0 Å². The van der Waals surface area contributed by atoms with Crippen LogP contribution in [0.2, 0.25) is 0 Å². The summed E-state index contributed by atoms with van der Waals surface area (Å²) in [4.78, 5) is 38.6. The topological polar surface area (TPSA) is 122 Å². The molecule has 4 aromatic rings. The first kappa shape index (κ1) is 25.9. The smallest absolute Gasteiger partial charge is 0.269 e. The monoisotopic (exact) mass is 533 g/mol. The number of hydrogen-bond acceptors (Lipinski definition) is 6. The van der Waals surface area contributed by atoms with Gasteiger partial charge < -0.3 is 0 Å².